The van der Waals surface area contributed by atoms with Crippen molar-refractivity contribution in [2.75, 3.05) is 39.3 Å². The number of nitrogens with zero attached hydrogens (tertiary/aromatic N) is 3. The summed E-state index contributed by atoms with van der Waals surface area (Å²) in [5.74, 6) is 1.16. The molecule has 2 amide bonds. The van der Waals surface area contributed by atoms with Crippen LogP contribution in [0.4, 0.5) is 0 Å². The molecule has 0 aromatic rings. The maximum absolute atomic E-state index is 12.7. The molecule has 6 nitrogen and oxygen atoms in total. The summed E-state index contributed by atoms with van der Waals surface area (Å²) in [5, 5.41) is 3.66. The Balaban J connectivity index is 1.22. The van der Waals surface area contributed by atoms with Gasteiger partial charge in [-0.25, -0.2) is 0 Å². The highest BCUT2D eigenvalue weighted by Crippen LogP contribution is 2.33. The zero-order chi connectivity index (χ0) is 18.1. The molecule has 4 aliphatic rings. The first kappa shape index (κ1) is 18.2. The molecule has 4 aliphatic heterocycles. The van der Waals surface area contributed by atoms with Crippen molar-refractivity contribution in [3.8, 4) is 0 Å². The Morgan fingerprint density at radius 3 is 2.15 bits per heavy atom. The predicted octanol–water partition coefficient (Wildman–Crippen LogP) is 1.06. The second-order valence-corrected chi connectivity index (χ2v) is 8.80. The van der Waals surface area contributed by atoms with E-state index in [1.807, 2.05) is 16.7 Å². The number of hydrogen-bond donors (Lipinski definition) is 1. The Hall–Kier alpha value is -1.14. The summed E-state index contributed by atoms with van der Waals surface area (Å²) in [6, 6.07) is 1.26. The molecule has 0 aromatic heterocycles. The van der Waals surface area contributed by atoms with E-state index in [4.69, 9.17) is 0 Å². The van der Waals surface area contributed by atoms with Gasteiger partial charge in [0.15, 0.2) is 0 Å². The molecule has 0 aromatic carbocycles. The molecule has 0 saturated carbocycles. The molecular weight excluding hydrogens is 328 g/mol. The summed E-state index contributed by atoms with van der Waals surface area (Å²) in [6.07, 6.45) is 7.91. The number of amides is 2. The van der Waals surface area contributed by atoms with Crippen molar-refractivity contribution in [1.29, 1.82) is 0 Å². The first-order valence-electron chi connectivity index (χ1n) is 10.7. The van der Waals surface area contributed by atoms with Gasteiger partial charge < -0.3 is 15.1 Å². The number of piperidine rings is 1. The van der Waals surface area contributed by atoms with Gasteiger partial charge in [-0.2, -0.15) is 0 Å². The number of carbonyl (C=O) groups excluding carboxylic acids is 2. The number of hydrogen-bond acceptors (Lipinski definition) is 4. The fourth-order valence-corrected chi connectivity index (χ4v) is 5.43. The van der Waals surface area contributed by atoms with Crippen LogP contribution >= 0.6 is 0 Å². The summed E-state index contributed by atoms with van der Waals surface area (Å²) >= 11 is 0. The van der Waals surface area contributed by atoms with E-state index < -0.39 is 0 Å². The Morgan fingerprint density at radius 1 is 0.923 bits per heavy atom. The van der Waals surface area contributed by atoms with Crippen LogP contribution in [-0.4, -0.2) is 83.9 Å². The third kappa shape index (κ3) is 3.91. The quantitative estimate of drug-likeness (QED) is 0.813. The summed E-state index contributed by atoms with van der Waals surface area (Å²) in [5.41, 5.74) is 0. The number of likely N-dealkylation sites (tertiary alicyclic amines) is 1. The molecule has 4 heterocycles. The lowest BCUT2D eigenvalue weighted by atomic mass is 9.89. The maximum atomic E-state index is 12.7. The Morgan fingerprint density at radius 2 is 1.54 bits per heavy atom. The van der Waals surface area contributed by atoms with Gasteiger partial charge in [0.2, 0.25) is 11.8 Å². The molecular formula is C20H34N4O2. The number of rotatable bonds is 4. The van der Waals surface area contributed by atoms with Crippen molar-refractivity contribution >= 4 is 11.8 Å². The molecule has 3 unspecified atom stereocenters. The van der Waals surface area contributed by atoms with Gasteiger partial charge in [0.1, 0.15) is 0 Å². The number of fused-ring (bicyclic) bond motifs is 2. The average molecular weight is 363 g/mol. The van der Waals surface area contributed by atoms with E-state index >= 15 is 0 Å². The van der Waals surface area contributed by atoms with Crippen LogP contribution in [0.2, 0.25) is 0 Å². The van der Waals surface area contributed by atoms with E-state index in [0.717, 1.165) is 58.5 Å². The van der Waals surface area contributed by atoms with E-state index in [2.05, 4.69) is 10.2 Å². The van der Waals surface area contributed by atoms with E-state index in [-0.39, 0.29) is 11.9 Å². The molecule has 3 atom stereocenters. The van der Waals surface area contributed by atoms with Crippen molar-refractivity contribution in [2.24, 2.45) is 5.92 Å². The summed E-state index contributed by atoms with van der Waals surface area (Å²) in [6.45, 7) is 7.05. The lowest BCUT2D eigenvalue weighted by Crippen LogP contribution is -2.55. The number of nitrogens with one attached hydrogen (secondary N) is 1. The van der Waals surface area contributed by atoms with Crippen LogP contribution in [0, 0.1) is 5.92 Å². The molecule has 6 heteroatoms. The Bertz CT molecular complexity index is 514. The molecule has 146 valence electrons. The molecule has 26 heavy (non-hydrogen) atoms. The molecule has 0 aliphatic carbocycles. The monoisotopic (exact) mass is 362 g/mol. The van der Waals surface area contributed by atoms with E-state index in [1.165, 1.54) is 25.7 Å². The van der Waals surface area contributed by atoms with Gasteiger partial charge in [0.05, 0.1) is 6.04 Å². The van der Waals surface area contributed by atoms with Crippen LogP contribution in [0.1, 0.15) is 51.9 Å². The van der Waals surface area contributed by atoms with Crippen LogP contribution in [0.3, 0.4) is 0 Å². The van der Waals surface area contributed by atoms with Gasteiger partial charge in [0.25, 0.3) is 0 Å². The Labute approximate surface area is 157 Å². The summed E-state index contributed by atoms with van der Waals surface area (Å²) in [7, 11) is 0. The first-order valence-corrected chi connectivity index (χ1v) is 10.7. The van der Waals surface area contributed by atoms with Crippen LogP contribution in [0.15, 0.2) is 0 Å². The highest BCUT2D eigenvalue weighted by atomic mass is 16.2. The second kappa shape index (κ2) is 7.85. The molecule has 4 fully saturated rings. The first-order chi connectivity index (χ1) is 12.6. The van der Waals surface area contributed by atoms with Gasteiger partial charge in [-0.15, -0.1) is 0 Å². The lowest BCUT2D eigenvalue weighted by Gasteiger charge is -2.39. The maximum Gasteiger partial charge on any atom is 0.239 e. The minimum absolute atomic E-state index is 0.0506. The van der Waals surface area contributed by atoms with E-state index in [0.29, 0.717) is 23.9 Å². The minimum Gasteiger partial charge on any atom is -0.341 e. The molecule has 0 spiro atoms. The molecule has 4 saturated heterocycles. The average Bonchev–Trinajstić information content (AvgIpc) is 3.30. The fourth-order valence-electron chi connectivity index (χ4n) is 5.43. The normalized spacial score (nSPS) is 33.5. The summed E-state index contributed by atoms with van der Waals surface area (Å²) in [4.78, 5) is 31.6. The third-order valence-corrected chi connectivity index (χ3v) is 7.02. The van der Waals surface area contributed by atoms with Crippen molar-refractivity contribution in [2.45, 2.75) is 70.0 Å². The molecule has 1 N–H and O–H groups in total. The van der Waals surface area contributed by atoms with Crippen molar-refractivity contribution in [3.05, 3.63) is 0 Å². The largest absolute Gasteiger partial charge is 0.341 e. The van der Waals surface area contributed by atoms with Crippen LogP contribution in [0.5, 0.6) is 0 Å². The van der Waals surface area contributed by atoms with Gasteiger partial charge in [-0.05, 0) is 51.4 Å². The van der Waals surface area contributed by atoms with Gasteiger partial charge in [0, 0.05) is 57.8 Å². The smallest absolute Gasteiger partial charge is 0.239 e. The van der Waals surface area contributed by atoms with Crippen molar-refractivity contribution in [1.82, 2.24) is 20.0 Å². The topological polar surface area (TPSA) is 55.9 Å². The Kier molecular flexibility index (Phi) is 5.50. The highest BCUT2D eigenvalue weighted by Gasteiger charge is 2.36. The van der Waals surface area contributed by atoms with Crippen LogP contribution in [0.25, 0.3) is 0 Å². The minimum atomic E-state index is -0.0506. The number of carbonyl (C=O) groups is 2. The van der Waals surface area contributed by atoms with E-state index in [1.54, 1.807) is 0 Å². The SMILES string of the molecule is CC(C(=O)N1CCCC1)N1CCN(C(=O)CC2CC3CCC(C2)N3)CC1. The van der Waals surface area contributed by atoms with E-state index in [9.17, 15) is 9.59 Å². The van der Waals surface area contributed by atoms with Crippen molar-refractivity contribution < 1.29 is 9.59 Å². The van der Waals surface area contributed by atoms with Gasteiger partial charge in [-0.3, -0.25) is 14.5 Å². The summed E-state index contributed by atoms with van der Waals surface area (Å²) < 4.78 is 0. The molecule has 2 bridgehead atoms. The fraction of sp³-hybridized carbons (Fsp3) is 0.900. The number of piperazine rings is 1. The van der Waals surface area contributed by atoms with Crippen LogP contribution in [-0.2, 0) is 9.59 Å². The predicted molar refractivity (Wildman–Crippen MR) is 101 cm³/mol. The van der Waals surface area contributed by atoms with Crippen molar-refractivity contribution in [3.63, 3.8) is 0 Å². The third-order valence-electron chi connectivity index (χ3n) is 7.02. The zero-order valence-corrected chi connectivity index (χ0v) is 16.2. The van der Waals surface area contributed by atoms with Gasteiger partial charge >= 0.3 is 0 Å². The molecule has 0 radical (unpaired) electrons. The second-order valence-electron chi connectivity index (χ2n) is 8.80. The highest BCUT2D eigenvalue weighted by molar-refractivity contribution is 5.82. The van der Waals surface area contributed by atoms with Gasteiger partial charge in [-0.1, -0.05) is 0 Å². The zero-order valence-electron chi connectivity index (χ0n) is 16.2. The standard InChI is InChI=1S/C20H34N4O2/c1-15(20(26)24-6-2-3-7-24)22-8-10-23(11-9-22)19(25)14-16-12-17-4-5-18(13-16)21-17/h15-18,21H,2-14H2,1H3. The molecule has 4 rings (SSSR count). The van der Waals surface area contributed by atoms with Crippen LogP contribution < -0.4 is 5.32 Å². The lowest BCUT2D eigenvalue weighted by molar-refractivity contribution is -0.138.